The minimum Gasteiger partial charge on any atom is -0.303 e. The van der Waals surface area contributed by atoms with Gasteiger partial charge in [-0.05, 0) is 74.4 Å². The zero-order valence-corrected chi connectivity index (χ0v) is 19.1. The molecule has 2 aromatic rings. The maximum atomic E-state index is 10.4. The molecular formula is C27H35ClN2. The molecule has 1 atom stereocenters. The Morgan fingerprint density at radius 2 is 1.70 bits per heavy atom. The molecule has 1 unspecified atom stereocenters. The number of halogens is 1. The molecule has 0 aliphatic heterocycles. The van der Waals surface area contributed by atoms with E-state index in [2.05, 4.69) is 60.4 Å². The summed E-state index contributed by atoms with van der Waals surface area (Å²) >= 11 is 6.15. The van der Waals surface area contributed by atoms with Gasteiger partial charge in [0.1, 0.15) is 0 Å². The van der Waals surface area contributed by atoms with Crippen molar-refractivity contribution in [2.24, 2.45) is 5.92 Å². The van der Waals surface area contributed by atoms with Gasteiger partial charge in [0.15, 0.2) is 0 Å². The highest BCUT2D eigenvalue weighted by molar-refractivity contribution is 6.30. The van der Waals surface area contributed by atoms with E-state index < -0.39 is 0 Å². The zero-order valence-electron chi connectivity index (χ0n) is 18.3. The quantitative estimate of drug-likeness (QED) is 0.411. The molecule has 0 amide bonds. The molecule has 30 heavy (non-hydrogen) atoms. The summed E-state index contributed by atoms with van der Waals surface area (Å²) in [6, 6.07) is 21.6. The Balaban J connectivity index is 1.66. The Morgan fingerprint density at radius 3 is 2.33 bits per heavy atom. The number of hydrogen-bond donors (Lipinski definition) is 0. The molecule has 0 heterocycles. The third kappa shape index (κ3) is 5.87. The Kier molecular flexibility index (Phi) is 8.79. The second kappa shape index (κ2) is 11.5. The van der Waals surface area contributed by atoms with Crippen LogP contribution in [0.5, 0.6) is 0 Å². The lowest BCUT2D eigenvalue weighted by Crippen LogP contribution is -2.37. The van der Waals surface area contributed by atoms with Crippen LogP contribution in [0.2, 0.25) is 5.02 Å². The molecular weight excluding hydrogens is 388 g/mol. The number of hydrogen-bond acceptors (Lipinski definition) is 2. The SMILES string of the molecule is CCN(CCCC(C#N)(c1ccc(Cl)cc1)C1CCCCC1)CCc1ccccc1. The average molecular weight is 423 g/mol. The number of nitrogens with zero attached hydrogens (tertiary/aromatic N) is 2. The summed E-state index contributed by atoms with van der Waals surface area (Å²) in [4.78, 5) is 2.53. The third-order valence-electron chi connectivity index (χ3n) is 6.91. The molecule has 0 radical (unpaired) electrons. The first-order chi connectivity index (χ1) is 14.7. The predicted octanol–water partition coefficient (Wildman–Crippen LogP) is 7.03. The monoisotopic (exact) mass is 422 g/mol. The molecule has 3 rings (SSSR count). The van der Waals surface area contributed by atoms with Gasteiger partial charge in [-0.25, -0.2) is 0 Å². The fourth-order valence-corrected chi connectivity index (χ4v) is 5.21. The molecule has 1 aliphatic rings. The molecule has 1 fully saturated rings. The molecule has 0 aromatic heterocycles. The highest BCUT2D eigenvalue weighted by atomic mass is 35.5. The van der Waals surface area contributed by atoms with Crippen molar-refractivity contribution in [1.82, 2.24) is 4.90 Å². The molecule has 0 saturated heterocycles. The van der Waals surface area contributed by atoms with Crippen molar-refractivity contribution in [3.8, 4) is 6.07 Å². The van der Waals surface area contributed by atoms with Crippen molar-refractivity contribution < 1.29 is 0 Å². The van der Waals surface area contributed by atoms with Crippen molar-refractivity contribution >= 4 is 11.6 Å². The van der Waals surface area contributed by atoms with E-state index in [-0.39, 0.29) is 5.41 Å². The van der Waals surface area contributed by atoms with Gasteiger partial charge < -0.3 is 4.90 Å². The Hall–Kier alpha value is -1.82. The van der Waals surface area contributed by atoms with Crippen LogP contribution in [-0.4, -0.2) is 24.5 Å². The zero-order chi connectivity index (χ0) is 21.2. The minimum absolute atomic E-state index is 0.385. The molecule has 0 spiro atoms. The van der Waals surface area contributed by atoms with Gasteiger partial charge in [0.2, 0.25) is 0 Å². The fourth-order valence-electron chi connectivity index (χ4n) is 5.08. The van der Waals surface area contributed by atoms with Gasteiger partial charge >= 0.3 is 0 Å². The fraction of sp³-hybridized carbons (Fsp3) is 0.519. The Bertz CT molecular complexity index is 790. The van der Waals surface area contributed by atoms with Crippen molar-refractivity contribution in [2.45, 2.75) is 63.7 Å². The van der Waals surface area contributed by atoms with Crippen LogP contribution in [0, 0.1) is 17.2 Å². The summed E-state index contributed by atoms with van der Waals surface area (Å²) in [5.74, 6) is 0.455. The minimum atomic E-state index is -0.385. The van der Waals surface area contributed by atoms with Crippen LogP contribution in [0.4, 0.5) is 0 Å². The first-order valence-corrected chi connectivity index (χ1v) is 12.0. The highest BCUT2D eigenvalue weighted by Gasteiger charge is 2.40. The van der Waals surface area contributed by atoms with Crippen LogP contribution in [0.25, 0.3) is 0 Å². The number of rotatable bonds is 10. The van der Waals surface area contributed by atoms with Gasteiger partial charge in [0.05, 0.1) is 11.5 Å². The van der Waals surface area contributed by atoms with E-state index in [9.17, 15) is 5.26 Å². The van der Waals surface area contributed by atoms with Crippen molar-refractivity contribution in [3.05, 3.63) is 70.7 Å². The van der Waals surface area contributed by atoms with E-state index in [1.165, 1.54) is 37.7 Å². The van der Waals surface area contributed by atoms with E-state index in [1.807, 2.05) is 12.1 Å². The van der Waals surface area contributed by atoms with Crippen LogP contribution in [0.3, 0.4) is 0 Å². The van der Waals surface area contributed by atoms with Crippen LogP contribution >= 0.6 is 11.6 Å². The molecule has 3 heteroatoms. The predicted molar refractivity (Wildman–Crippen MR) is 127 cm³/mol. The lowest BCUT2D eigenvalue weighted by molar-refractivity contribution is 0.218. The number of benzene rings is 2. The maximum Gasteiger partial charge on any atom is 0.0850 e. The average Bonchev–Trinajstić information content (AvgIpc) is 2.81. The lowest BCUT2D eigenvalue weighted by atomic mass is 9.63. The van der Waals surface area contributed by atoms with Gasteiger partial charge in [-0.3, -0.25) is 0 Å². The second-order valence-corrected chi connectivity index (χ2v) is 9.13. The van der Waals surface area contributed by atoms with Gasteiger partial charge in [-0.1, -0.05) is 80.3 Å². The molecule has 0 bridgehead atoms. The molecule has 2 nitrogen and oxygen atoms in total. The summed E-state index contributed by atoms with van der Waals surface area (Å²) in [5, 5.41) is 11.2. The normalized spacial score (nSPS) is 16.9. The van der Waals surface area contributed by atoms with E-state index in [1.54, 1.807) is 0 Å². The van der Waals surface area contributed by atoms with Crippen molar-refractivity contribution in [1.29, 1.82) is 5.26 Å². The van der Waals surface area contributed by atoms with Gasteiger partial charge in [0, 0.05) is 11.6 Å². The van der Waals surface area contributed by atoms with Gasteiger partial charge in [-0.15, -0.1) is 0 Å². The van der Waals surface area contributed by atoms with Gasteiger partial charge in [-0.2, -0.15) is 5.26 Å². The molecule has 160 valence electrons. The van der Waals surface area contributed by atoms with E-state index in [0.29, 0.717) is 5.92 Å². The van der Waals surface area contributed by atoms with Gasteiger partial charge in [0.25, 0.3) is 0 Å². The topological polar surface area (TPSA) is 27.0 Å². The van der Waals surface area contributed by atoms with Crippen LogP contribution in [0.15, 0.2) is 54.6 Å². The van der Waals surface area contributed by atoms with Crippen LogP contribution in [0.1, 0.15) is 63.0 Å². The Morgan fingerprint density at radius 1 is 1.00 bits per heavy atom. The summed E-state index contributed by atoms with van der Waals surface area (Å²) < 4.78 is 0. The van der Waals surface area contributed by atoms with E-state index in [0.717, 1.165) is 49.5 Å². The van der Waals surface area contributed by atoms with E-state index in [4.69, 9.17) is 11.6 Å². The van der Waals surface area contributed by atoms with Crippen molar-refractivity contribution in [3.63, 3.8) is 0 Å². The van der Waals surface area contributed by atoms with Crippen LogP contribution < -0.4 is 0 Å². The summed E-state index contributed by atoms with van der Waals surface area (Å²) in [5.41, 5.74) is 2.17. The first kappa shape index (κ1) is 22.9. The number of likely N-dealkylation sites (N-methyl/N-ethyl adjacent to an activating group) is 1. The molecule has 0 N–H and O–H groups in total. The van der Waals surface area contributed by atoms with Crippen LogP contribution in [-0.2, 0) is 11.8 Å². The smallest absolute Gasteiger partial charge is 0.0850 e. The molecule has 2 aromatic carbocycles. The Labute approximate surface area is 187 Å². The second-order valence-electron chi connectivity index (χ2n) is 8.70. The summed E-state index contributed by atoms with van der Waals surface area (Å²) in [6.45, 7) is 5.41. The summed E-state index contributed by atoms with van der Waals surface area (Å²) in [7, 11) is 0. The maximum absolute atomic E-state index is 10.4. The van der Waals surface area contributed by atoms with Crippen molar-refractivity contribution in [2.75, 3.05) is 19.6 Å². The number of nitriles is 1. The van der Waals surface area contributed by atoms with E-state index >= 15 is 0 Å². The highest BCUT2D eigenvalue weighted by Crippen LogP contribution is 2.44. The largest absolute Gasteiger partial charge is 0.303 e. The first-order valence-electron chi connectivity index (χ1n) is 11.6. The lowest BCUT2D eigenvalue weighted by Gasteiger charge is -2.38. The standard InChI is InChI=1S/C27H35ClN2/c1-2-30(21-18-23-10-5-3-6-11-23)20-9-19-27(22-29,24-12-7-4-8-13-24)25-14-16-26(28)17-15-25/h3,5-6,10-11,14-17,24H,2,4,7-9,12-13,18-21H2,1H3. The molecule has 1 aliphatic carbocycles. The third-order valence-corrected chi connectivity index (χ3v) is 7.17. The summed E-state index contributed by atoms with van der Waals surface area (Å²) in [6.07, 6.45) is 9.20. The molecule has 1 saturated carbocycles.